The van der Waals surface area contributed by atoms with Crippen molar-refractivity contribution in [3.8, 4) is 11.5 Å². The maximum Gasteiger partial charge on any atom is 0.331 e. The first-order valence-electron chi connectivity index (χ1n) is 8.09. The number of esters is 1. The maximum atomic E-state index is 12.0. The SMILES string of the molecule is Cc1nn(C)c(C)c1NC(=O)COC(=O)/C=C/c1cc(Cl)c2c(c1)OCO2. The van der Waals surface area contributed by atoms with Crippen LogP contribution in [0.15, 0.2) is 18.2 Å². The van der Waals surface area contributed by atoms with Gasteiger partial charge in [0, 0.05) is 13.1 Å². The quantitative estimate of drug-likeness (QED) is 0.622. The lowest BCUT2D eigenvalue weighted by atomic mass is 10.2. The molecule has 0 radical (unpaired) electrons. The van der Waals surface area contributed by atoms with Gasteiger partial charge in [-0.3, -0.25) is 9.48 Å². The van der Waals surface area contributed by atoms with Crippen molar-refractivity contribution in [3.05, 3.63) is 40.2 Å². The van der Waals surface area contributed by atoms with Crippen LogP contribution in [0.3, 0.4) is 0 Å². The number of amides is 1. The fraction of sp³-hybridized carbons (Fsp3) is 0.278. The molecule has 3 rings (SSSR count). The van der Waals surface area contributed by atoms with E-state index in [4.69, 9.17) is 25.8 Å². The van der Waals surface area contributed by atoms with Crippen molar-refractivity contribution >= 4 is 35.2 Å². The normalized spacial score (nSPS) is 12.4. The van der Waals surface area contributed by atoms with Crippen molar-refractivity contribution in [1.29, 1.82) is 0 Å². The largest absolute Gasteiger partial charge is 0.454 e. The van der Waals surface area contributed by atoms with Gasteiger partial charge in [-0.15, -0.1) is 0 Å². The number of nitrogens with zero attached hydrogens (tertiary/aromatic N) is 2. The van der Waals surface area contributed by atoms with Gasteiger partial charge in [0.05, 0.1) is 22.1 Å². The summed E-state index contributed by atoms with van der Waals surface area (Å²) in [5, 5.41) is 7.29. The van der Waals surface area contributed by atoms with Crippen LogP contribution in [0.2, 0.25) is 5.02 Å². The van der Waals surface area contributed by atoms with E-state index < -0.39 is 18.5 Å². The van der Waals surface area contributed by atoms with Crippen molar-refractivity contribution in [2.24, 2.45) is 7.05 Å². The van der Waals surface area contributed by atoms with Crippen molar-refractivity contribution in [2.75, 3.05) is 18.7 Å². The number of hydrogen-bond acceptors (Lipinski definition) is 6. The van der Waals surface area contributed by atoms with E-state index in [1.165, 1.54) is 12.2 Å². The Kier molecular flexibility index (Phi) is 5.36. The third kappa shape index (κ3) is 4.22. The number of nitrogens with one attached hydrogen (secondary N) is 1. The molecule has 142 valence electrons. The van der Waals surface area contributed by atoms with Crippen molar-refractivity contribution in [1.82, 2.24) is 9.78 Å². The second kappa shape index (κ2) is 7.71. The molecule has 1 aromatic carbocycles. The molecule has 0 bridgehead atoms. The van der Waals surface area contributed by atoms with E-state index in [2.05, 4.69) is 10.4 Å². The molecular formula is C18H18ClN3O5. The van der Waals surface area contributed by atoms with Gasteiger partial charge in [0.25, 0.3) is 5.91 Å². The predicted molar refractivity (Wildman–Crippen MR) is 98.9 cm³/mol. The number of hydrogen-bond donors (Lipinski definition) is 1. The molecule has 1 aliphatic rings. The summed E-state index contributed by atoms with van der Waals surface area (Å²) in [7, 11) is 1.78. The molecule has 1 N–H and O–H groups in total. The molecule has 9 heteroatoms. The van der Waals surface area contributed by atoms with Gasteiger partial charge in [-0.25, -0.2) is 4.79 Å². The van der Waals surface area contributed by atoms with Crippen LogP contribution in [0, 0.1) is 13.8 Å². The Balaban J connectivity index is 1.54. The Morgan fingerprint density at radius 1 is 1.37 bits per heavy atom. The summed E-state index contributed by atoms with van der Waals surface area (Å²) in [5.41, 5.74) is 2.76. The van der Waals surface area contributed by atoms with Gasteiger partial charge in [-0.05, 0) is 37.6 Å². The van der Waals surface area contributed by atoms with Crippen LogP contribution in [0.5, 0.6) is 11.5 Å². The molecule has 1 aromatic heterocycles. The first kappa shape index (κ1) is 18.8. The molecule has 0 aliphatic carbocycles. The lowest BCUT2D eigenvalue weighted by molar-refractivity contribution is -0.142. The fourth-order valence-electron chi connectivity index (χ4n) is 2.56. The van der Waals surface area contributed by atoms with Crippen molar-refractivity contribution in [3.63, 3.8) is 0 Å². The Bertz CT molecular complexity index is 936. The van der Waals surface area contributed by atoms with Crippen molar-refractivity contribution in [2.45, 2.75) is 13.8 Å². The topological polar surface area (TPSA) is 91.7 Å². The van der Waals surface area contributed by atoms with Gasteiger partial charge < -0.3 is 19.5 Å². The lowest BCUT2D eigenvalue weighted by Gasteiger charge is -2.06. The minimum absolute atomic E-state index is 0.106. The van der Waals surface area contributed by atoms with E-state index in [0.29, 0.717) is 33.5 Å². The molecule has 1 aliphatic heterocycles. The van der Waals surface area contributed by atoms with Gasteiger partial charge in [0.2, 0.25) is 6.79 Å². The molecular weight excluding hydrogens is 374 g/mol. The summed E-state index contributed by atoms with van der Waals surface area (Å²) in [4.78, 5) is 23.8. The number of aromatic nitrogens is 2. The highest BCUT2D eigenvalue weighted by atomic mass is 35.5. The molecule has 0 fully saturated rings. The number of aryl methyl sites for hydroxylation is 2. The minimum Gasteiger partial charge on any atom is -0.454 e. The van der Waals surface area contributed by atoms with Crippen LogP contribution in [0.1, 0.15) is 17.0 Å². The molecule has 0 saturated carbocycles. The summed E-state index contributed by atoms with van der Waals surface area (Å²) < 4.78 is 17.1. The molecule has 1 amide bonds. The summed E-state index contributed by atoms with van der Waals surface area (Å²) in [6.45, 7) is 3.32. The van der Waals surface area contributed by atoms with Crippen molar-refractivity contribution < 1.29 is 23.8 Å². The van der Waals surface area contributed by atoms with Crippen LogP contribution in [-0.4, -0.2) is 35.1 Å². The van der Waals surface area contributed by atoms with Gasteiger partial charge in [-0.2, -0.15) is 5.10 Å². The zero-order valence-electron chi connectivity index (χ0n) is 15.0. The number of rotatable bonds is 5. The van der Waals surface area contributed by atoms with E-state index in [9.17, 15) is 9.59 Å². The Morgan fingerprint density at radius 3 is 2.85 bits per heavy atom. The average Bonchev–Trinajstić information content (AvgIpc) is 3.19. The van der Waals surface area contributed by atoms with Gasteiger partial charge in [-0.1, -0.05) is 11.6 Å². The summed E-state index contributed by atoms with van der Waals surface area (Å²) in [5.74, 6) is -0.105. The number of carbonyl (C=O) groups excluding carboxylic acids is 2. The van der Waals surface area contributed by atoms with Gasteiger partial charge in [0.15, 0.2) is 18.1 Å². The molecule has 0 unspecified atom stereocenters. The summed E-state index contributed by atoms with van der Waals surface area (Å²) in [6, 6.07) is 3.33. The van der Waals surface area contributed by atoms with E-state index in [1.807, 2.05) is 6.92 Å². The second-order valence-corrected chi connectivity index (χ2v) is 6.30. The van der Waals surface area contributed by atoms with Crippen LogP contribution in [-0.2, 0) is 21.4 Å². The van der Waals surface area contributed by atoms with Crippen LogP contribution >= 0.6 is 11.6 Å². The number of anilines is 1. The minimum atomic E-state index is -0.654. The fourth-order valence-corrected chi connectivity index (χ4v) is 2.84. The van der Waals surface area contributed by atoms with E-state index >= 15 is 0 Å². The van der Waals surface area contributed by atoms with E-state index in [1.54, 1.807) is 30.8 Å². The first-order valence-corrected chi connectivity index (χ1v) is 8.47. The number of carbonyl (C=O) groups is 2. The number of halogens is 1. The molecule has 27 heavy (non-hydrogen) atoms. The molecule has 8 nitrogen and oxygen atoms in total. The molecule has 0 atom stereocenters. The standard InChI is InChI=1S/C18H18ClN3O5/c1-10-17(11(2)22(3)21-10)20-15(23)8-25-16(24)5-4-12-6-13(19)18-14(7-12)26-9-27-18/h4-7H,8-9H2,1-3H3,(H,20,23)/b5-4+. The first-order chi connectivity index (χ1) is 12.8. The van der Waals surface area contributed by atoms with Gasteiger partial charge >= 0.3 is 5.97 Å². The monoisotopic (exact) mass is 391 g/mol. The third-order valence-corrected chi connectivity index (χ3v) is 4.26. The van der Waals surface area contributed by atoms with Crippen LogP contribution in [0.4, 0.5) is 5.69 Å². The molecule has 0 spiro atoms. The molecule has 2 heterocycles. The molecule has 2 aromatic rings. The Morgan fingerprint density at radius 2 is 2.15 bits per heavy atom. The summed E-state index contributed by atoms with van der Waals surface area (Å²) >= 11 is 6.08. The number of benzene rings is 1. The maximum absolute atomic E-state index is 12.0. The van der Waals surface area contributed by atoms with Crippen LogP contribution in [0.25, 0.3) is 6.08 Å². The third-order valence-electron chi connectivity index (χ3n) is 3.98. The zero-order valence-corrected chi connectivity index (χ0v) is 15.8. The highest BCUT2D eigenvalue weighted by Crippen LogP contribution is 2.40. The zero-order chi connectivity index (χ0) is 19.6. The number of fused-ring (bicyclic) bond motifs is 1. The Hall–Kier alpha value is -3.00. The highest BCUT2D eigenvalue weighted by Gasteiger charge is 2.18. The predicted octanol–water partition coefficient (Wildman–Crippen LogP) is 2.61. The average molecular weight is 392 g/mol. The smallest absolute Gasteiger partial charge is 0.331 e. The lowest BCUT2D eigenvalue weighted by Crippen LogP contribution is -2.20. The second-order valence-electron chi connectivity index (χ2n) is 5.90. The number of ether oxygens (including phenoxy) is 3. The van der Waals surface area contributed by atoms with Crippen LogP contribution < -0.4 is 14.8 Å². The molecule has 0 saturated heterocycles. The highest BCUT2D eigenvalue weighted by molar-refractivity contribution is 6.32. The van der Waals surface area contributed by atoms with E-state index in [-0.39, 0.29) is 6.79 Å². The Labute approximate surface area is 160 Å². The summed E-state index contributed by atoms with van der Waals surface area (Å²) in [6.07, 6.45) is 2.73. The van der Waals surface area contributed by atoms with E-state index in [0.717, 1.165) is 5.69 Å². The van der Waals surface area contributed by atoms with Gasteiger partial charge in [0.1, 0.15) is 0 Å².